The zero-order chi connectivity index (χ0) is 11.1. The molecule has 0 bridgehead atoms. The van der Waals surface area contributed by atoms with Crippen molar-refractivity contribution in [2.24, 2.45) is 0 Å². The lowest BCUT2D eigenvalue weighted by atomic mass is 10.0. The van der Waals surface area contributed by atoms with Gasteiger partial charge in [-0.2, -0.15) is 0 Å². The van der Waals surface area contributed by atoms with Gasteiger partial charge in [-0.3, -0.25) is 4.79 Å². The van der Waals surface area contributed by atoms with Crippen molar-refractivity contribution in [3.05, 3.63) is 34.3 Å². The summed E-state index contributed by atoms with van der Waals surface area (Å²) in [7, 11) is 0. The van der Waals surface area contributed by atoms with Gasteiger partial charge in [-0.05, 0) is 18.6 Å². The molecule has 1 nitrogen and oxygen atoms in total. The highest BCUT2D eigenvalue weighted by Gasteiger charge is 2.04. The van der Waals surface area contributed by atoms with E-state index < -0.39 is 0 Å². The first-order valence-corrected chi connectivity index (χ1v) is 6.32. The molecule has 0 unspecified atom stereocenters. The van der Waals surface area contributed by atoms with E-state index in [0.717, 1.165) is 16.5 Å². The zero-order valence-electron chi connectivity index (χ0n) is 9.13. The molecule has 1 rings (SSSR count). The van der Waals surface area contributed by atoms with Gasteiger partial charge in [0, 0.05) is 16.5 Å². The predicted octanol–water partition coefficient (Wildman–Crippen LogP) is 4.60. The predicted molar refractivity (Wildman–Crippen MR) is 67.2 cm³/mol. The van der Waals surface area contributed by atoms with Gasteiger partial charge in [-0.15, -0.1) is 0 Å². The molecule has 0 radical (unpaired) electrons. The van der Waals surface area contributed by atoms with Gasteiger partial charge in [0.25, 0.3) is 0 Å². The van der Waals surface area contributed by atoms with Crippen molar-refractivity contribution in [3.8, 4) is 0 Å². The summed E-state index contributed by atoms with van der Waals surface area (Å²) in [6.45, 7) is 2.18. The highest BCUT2D eigenvalue weighted by Crippen LogP contribution is 2.13. The third kappa shape index (κ3) is 4.61. The molecule has 0 saturated heterocycles. The largest absolute Gasteiger partial charge is 0.294 e. The fraction of sp³-hybridized carbons (Fsp3) is 0.462. The van der Waals surface area contributed by atoms with Gasteiger partial charge in [0.15, 0.2) is 5.78 Å². The minimum Gasteiger partial charge on any atom is -0.294 e. The molecule has 0 aromatic heterocycles. The van der Waals surface area contributed by atoms with Crippen LogP contribution in [-0.4, -0.2) is 5.78 Å². The van der Waals surface area contributed by atoms with Crippen molar-refractivity contribution >= 4 is 21.7 Å². The summed E-state index contributed by atoms with van der Waals surface area (Å²) in [4.78, 5) is 11.7. The molecule has 0 spiro atoms. The number of Topliss-reactive ketones (excluding diaryl/α,β-unsaturated/α-hetero) is 1. The van der Waals surface area contributed by atoms with Crippen LogP contribution in [0.4, 0.5) is 0 Å². The summed E-state index contributed by atoms with van der Waals surface area (Å²) < 4.78 is 1.02. The molecule has 2 heteroatoms. The quantitative estimate of drug-likeness (QED) is 0.544. The van der Waals surface area contributed by atoms with Gasteiger partial charge in [-0.1, -0.05) is 54.2 Å². The van der Waals surface area contributed by atoms with Gasteiger partial charge in [0.05, 0.1) is 0 Å². The van der Waals surface area contributed by atoms with Crippen LogP contribution >= 0.6 is 15.9 Å². The normalized spacial score (nSPS) is 10.3. The van der Waals surface area contributed by atoms with E-state index in [1.807, 2.05) is 24.3 Å². The molecule has 0 aliphatic rings. The Kier molecular flexibility index (Phi) is 5.62. The zero-order valence-corrected chi connectivity index (χ0v) is 10.7. The van der Waals surface area contributed by atoms with Crippen molar-refractivity contribution < 1.29 is 4.79 Å². The first-order chi connectivity index (χ1) is 7.24. The Balaban J connectivity index is 2.37. The van der Waals surface area contributed by atoms with E-state index in [4.69, 9.17) is 0 Å². The molecular weight excluding hydrogens is 252 g/mol. The first kappa shape index (κ1) is 12.4. The third-order valence-corrected chi connectivity index (χ3v) is 2.95. The summed E-state index contributed by atoms with van der Waals surface area (Å²) >= 11 is 3.36. The second kappa shape index (κ2) is 6.78. The molecule has 0 heterocycles. The van der Waals surface area contributed by atoms with Crippen molar-refractivity contribution in [3.63, 3.8) is 0 Å². The molecule has 1 aromatic rings. The number of ketones is 1. The van der Waals surface area contributed by atoms with E-state index in [2.05, 4.69) is 22.9 Å². The Morgan fingerprint density at radius 3 is 2.40 bits per heavy atom. The topological polar surface area (TPSA) is 17.1 Å². The number of unbranched alkanes of at least 4 members (excludes halogenated alkanes) is 3. The van der Waals surface area contributed by atoms with Crippen molar-refractivity contribution in [2.75, 3.05) is 0 Å². The number of halogens is 1. The smallest absolute Gasteiger partial charge is 0.162 e. The SMILES string of the molecule is CCCCCCC(=O)c1ccc(Br)cc1. The number of rotatable bonds is 6. The highest BCUT2D eigenvalue weighted by molar-refractivity contribution is 9.10. The third-order valence-electron chi connectivity index (χ3n) is 2.42. The molecule has 0 aliphatic heterocycles. The lowest BCUT2D eigenvalue weighted by Crippen LogP contribution is -1.98. The van der Waals surface area contributed by atoms with Crippen LogP contribution in [0.2, 0.25) is 0 Å². The average Bonchev–Trinajstić information content (AvgIpc) is 2.25. The van der Waals surface area contributed by atoms with Crippen LogP contribution in [0.15, 0.2) is 28.7 Å². The number of hydrogen-bond acceptors (Lipinski definition) is 1. The lowest BCUT2D eigenvalue weighted by Gasteiger charge is -2.01. The van der Waals surface area contributed by atoms with Crippen LogP contribution in [0.3, 0.4) is 0 Å². The maximum Gasteiger partial charge on any atom is 0.162 e. The second-order valence-electron chi connectivity index (χ2n) is 3.74. The molecular formula is C13H17BrO. The number of benzene rings is 1. The van der Waals surface area contributed by atoms with E-state index in [-0.39, 0.29) is 5.78 Å². The molecule has 0 N–H and O–H groups in total. The van der Waals surface area contributed by atoms with Crippen LogP contribution in [0.25, 0.3) is 0 Å². The molecule has 0 aliphatic carbocycles. The average molecular weight is 269 g/mol. The van der Waals surface area contributed by atoms with E-state index in [1.54, 1.807) is 0 Å². The van der Waals surface area contributed by atoms with Crippen molar-refractivity contribution in [1.29, 1.82) is 0 Å². The van der Waals surface area contributed by atoms with Crippen LogP contribution in [0.1, 0.15) is 49.4 Å². The fourth-order valence-electron chi connectivity index (χ4n) is 1.49. The van der Waals surface area contributed by atoms with Crippen LogP contribution < -0.4 is 0 Å². The Morgan fingerprint density at radius 2 is 1.80 bits per heavy atom. The molecule has 0 saturated carbocycles. The summed E-state index contributed by atoms with van der Waals surface area (Å²) in [5.41, 5.74) is 0.828. The van der Waals surface area contributed by atoms with Crippen molar-refractivity contribution in [2.45, 2.75) is 39.0 Å². The molecule has 0 atom stereocenters. The van der Waals surface area contributed by atoms with Gasteiger partial charge < -0.3 is 0 Å². The maximum atomic E-state index is 11.7. The molecule has 15 heavy (non-hydrogen) atoms. The monoisotopic (exact) mass is 268 g/mol. The Hall–Kier alpha value is -0.630. The molecule has 1 aromatic carbocycles. The van der Waals surface area contributed by atoms with Crippen LogP contribution in [0.5, 0.6) is 0 Å². The Labute approximate surface area is 100 Å². The Bertz CT molecular complexity index is 303. The fourth-order valence-corrected chi connectivity index (χ4v) is 1.76. The lowest BCUT2D eigenvalue weighted by molar-refractivity contribution is 0.0979. The second-order valence-corrected chi connectivity index (χ2v) is 4.66. The van der Waals surface area contributed by atoms with E-state index >= 15 is 0 Å². The van der Waals surface area contributed by atoms with Gasteiger partial charge in [0.1, 0.15) is 0 Å². The summed E-state index contributed by atoms with van der Waals surface area (Å²) in [5.74, 6) is 0.263. The summed E-state index contributed by atoms with van der Waals surface area (Å²) in [6, 6.07) is 7.59. The minimum absolute atomic E-state index is 0.263. The van der Waals surface area contributed by atoms with Crippen molar-refractivity contribution in [1.82, 2.24) is 0 Å². The maximum absolute atomic E-state index is 11.7. The number of carbonyl (C=O) groups excluding carboxylic acids is 1. The van der Waals surface area contributed by atoms with Gasteiger partial charge >= 0.3 is 0 Å². The number of carbonyl (C=O) groups is 1. The number of hydrogen-bond donors (Lipinski definition) is 0. The van der Waals surface area contributed by atoms with E-state index in [0.29, 0.717) is 6.42 Å². The molecule has 0 amide bonds. The van der Waals surface area contributed by atoms with E-state index in [1.165, 1.54) is 19.3 Å². The van der Waals surface area contributed by atoms with Gasteiger partial charge in [-0.25, -0.2) is 0 Å². The Morgan fingerprint density at radius 1 is 1.13 bits per heavy atom. The summed E-state index contributed by atoms with van der Waals surface area (Å²) in [5, 5.41) is 0. The standard InChI is InChI=1S/C13H17BrO/c1-2-3-4-5-6-13(15)11-7-9-12(14)10-8-11/h7-10H,2-6H2,1H3. The minimum atomic E-state index is 0.263. The van der Waals surface area contributed by atoms with E-state index in [9.17, 15) is 4.79 Å². The van der Waals surface area contributed by atoms with Crippen LogP contribution in [0, 0.1) is 0 Å². The first-order valence-electron chi connectivity index (χ1n) is 5.53. The highest BCUT2D eigenvalue weighted by atomic mass is 79.9. The van der Waals surface area contributed by atoms with Gasteiger partial charge in [0.2, 0.25) is 0 Å². The molecule has 82 valence electrons. The molecule has 0 fully saturated rings. The van der Waals surface area contributed by atoms with Crippen LogP contribution in [-0.2, 0) is 0 Å². The summed E-state index contributed by atoms with van der Waals surface area (Å²) in [6.07, 6.45) is 5.31.